The Morgan fingerprint density at radius 3 is 2.90 bits per heavy atom. The zero-order valence-electron chi connectivity index (χ0n) is 12.3. The molecule has 1 saturated carbocycles. The molecule has 0 aromatic heterocycles. The molecule has 110 valence electrons. The third kappa shape index (κ3) is 5.61. The summed E-state index contributed by atoms with van der Waals surface area (Å²) in [6.45, 7) is 5.92. The number of nitrogens with one attached hydrogen (secondary N) is 2. The fourth-order valence-electron chi connectivity index (χ4n) is 1.85. The summed E-state index contributed by atoms with van der Waals surface area (Å²) >= 11 is 0. The summed E-state index contributed by atoms with van der Waals surface area (Å²) in [5.74, 6) is 1.40. The van der Waals surface area contributed by atoms with Crippen LogP contribution >= 0.6 is 0 Å². The minimum Gasteiger partial charge on any atom is -0.484 e. The molecule has 4 heteroatoms. The number of hydrogen-bond donors (Lipinski definition) is 2. The predicted molar refractivity (Wildman–Crippen MR) is 79.6 cm³/mol. The van der Waals surface area contributed by atoms with E-state index in [0.717, 1.165) is 24.4 Å². The first-order chi connectivity index (χ1) is 9.63. The van der Waals surface area contributed by atoms with Crippen molar-refractivity contribution in [1.29, 1.82) is 0 Å². The number of amides is 1. The van der Waals surface area contributed by atoms with Gasteiger partial charge in [0.1, 0.15) is 5.75 Å². The van der Waals surface area contributed by atoms with Gasteiger partial charge in [0, 0.05) is 19.1 Å². The number of carbonyl (C=O) groups is 1. The topological polar surface area (TPSA) is 50.4 Å². The van der Waals surface area contributed by atoms with Crippen LogP contribution in [0.5, 0.6) is 5.75 Å². The molecule has 2 rings (SSSR count). The molecule has 1 aromatic rings. The van der Waals surface area contributed by atoms with Gasteiger partial charge in [-0.3, -0.25) is 4.79 Å². The summed E-state index contributed by atoms with van der Waals surface area (Å²) in [6, 6.07) is 8.31. The van der Waals surface area contributed by atoms with Gasteiger partial charge in [0.2, 0.25) is 0 Å². The van der Waals surface area contributed by atoms with E-state index in [0.29, 0.717) is 12.0 Å². The Morgan fingerprint density at radius 1 is 1.40 bits per heavy atom. The molecule has 0 heterocycles. The minimum atomic E-state index is -0.0393. The highest BCUT2D eigenvalue weighted by atomic mass is 16.5. The van der Waals surface area contributed by atoms with E-state index in [1.165, 1.54) is 12.8 Å². The fraction of sp³-hybridized carbons (Fsp3) is 0.562. The summed E-state index contributed by atoms with van der Waals surface area (Å²) < 4.78 is 5.53. The Labute approximate surface area is 120 Å². The van der Waals surface area contributed by atoms with Crippen LogP contribution in [-0.2, 0) is 11.3 Å². The van der Waals surface area contributed by atoms with Crippen LogP contribution in [0.2, 0.25) is 0 Å². The van der Waals surface area contributed by atoms with Crippen LogP contribution in [-0.4, -0.2) is 25.1 Å². The molecule has 0 radical (unpaired) electrons. The van der Waals surface area contributed by atoms with E-state index >= 15 is 0 Å². The Hall–Kier alpha value is -1.55. The molecule has 1 amide bonds. The molecule has 1 fully saturated rings. The smallest absolute Gasteiger partial charge is 0.257 e. The zero-order valence-corrected chi connectivity index (χ0v) is 12.3. The summed E-state index contributed by atoms with van der Waals surface area (Å²) in [5, 5.41) is 6.25. The first kappa shape index (κ1) is 14.9. The molecular weight excluding hydrogens is 252 g/mol. The Balaban J connectivity index is 1.73. The van der Waals surface area contributed by atoms with Crippen molar-refractivity contribution >= 4 is 5.91 Å². The molecule has 1 aliphatic rings. The molecule has 2 N–H and O–H groups in total. The molecular formula is C16H24N2O2. The van der Waals surface area contributed by atoms with E-state index in [1.807, 2.05) is 18.2 Å². The molecule has 0 atom stereocenters. The van der Waals surface area contributed by atoms with Crippen molar-refractivity contribution in [3.8, 4) is 5.75 Å². The second kappa shape index (κ2) is 7.29. The van der Waals surface area contributed by atoms with Gasteiger partial charge < -0.3 is 15.4 Å². The van der Waals surface area contributed by atoms with Crippen LogP contribution < -0.4 is 15.4 Å². The van der Waals surface area contributed by atoms with Gasteiger partial charge in [0.05, 0.1) is 0 Å². The molecule has 0 unspecified atom stereocenters. The van der Waals surface area contributed by atoms with Crippen molar-refractivity contribution in [3.05, 3.63) is 29.8 Å². The second-order valence-corrected chi connectivity index (χ2v) is 5.72. The molecule has 0 spiro atoms. The molecule has 0 saturated heterocycles. The second-order valence-electron chi connectivity index (χ2n) is 5.72. The van der Waals surface area contributed by atoms with Crippen LogP contribution in [0.25, 0.3) is 0 Å². The SMILES string of the molecule is CC(C)NCc1cccc(OCC(=O)NCC2CC2)c1. The lowest BCUT2D eigenvalue weighted by molar-refractivity contribution is -0.123. The minimum absolute atomic E-state index is 0.0393. The lowest BCUT2D eigenvalue weighted by Gasteiger charge is -2.10. The lowest BCUT2D eigenvalue weighted by atomic mass is 10.2. The average molecular weight is 276 g/mol. The molecule has 20 heavy (non-hydrogen) atoms. The first-order valence-corrected chi connectivity index (χ1v) is 7.35. The summed E-state index contributed by atoms with van der Waals surface area (Å²) in [7, 11) is 0. The lowest BCUT2D eigenvalue weighted by Crippen LogP contribution is -2.30. The largest absolute Gasteiger partial charge is 0.484 e. The van der Waals surface area contributed by atoms with Gasteiger partial charge in [-0.25, -0.2) is 0 Å². The van der Waals surface area contributed by atoms with Gasteiger partial charge in [-0.15, -0.1) is 0 Å². The summed E-state index contributed by atoms with van der Waals surface area (Å²) in [4.78, 5) is 11.6. The van der Waals surface area contributed by atoms with Gasteiger partial charge >= 0.3 is 0 Å². The highest BCUT2D eigenvalue weighted by molar-refractivity contribution is 5.77. The fourth-order valence-corrected chi connectivity index (χ4v) is 1.85. The molecule has 0 aliphatic heterocycles. The van der Waals surface area contributed by atoms with Gasteiger partial charge in [0.15, 0.2) is 6.61 Å². The summed E-state index contributed by atoms with van der Waals surface area (Å²) in [5.41, 5.74) is 1.16. The normalized spacial score (nSPS) is 14.3. The Bertz CT molecular complexity index is 442. The van der Waals surface area contributed by atoms with E-state index in [2.05, 4.69) is 30.5 Å². The van der Waals surface area contributed by atoms with Crippen LogP contribution in [0.3, 0.4) is 0 Å². The van der Waals surface area contributed by atoms with Gasteiger partial charge in [-0.2, -0.15) is 0 Å². The maximum Gasteiger partial charge on any atom is 0.257 e. The van der Waals surface area contributed by atoms with Crippen molar-refractivity contribution < 1.29 is 9.53 Å². The molecule has 0 bridgehead atoms. The molecule has 1 aromatic carbocycles. The Morgan fingerprint density at radius 2 is 2.20 bits per heavy atom. The van der Waals surface area contributed by atoms with Crippen molar-refractivity contribution in [2.24, 2.45) is 5.92 Å². The van der Waals surface area contributed by atoms with E-state index in [1.54, 1.807) is 0 Å². The van der Waals surface area contributed by atoms with E-state index in [9.17, 15) is 4.79 Å². The van der Waals surface area contributed by atoms with Crippen LogP contribution in [0.4, 0.5) is 0 Å². The zero-order chi connectivity index (χ0) is 14.4. The van der Waals surface area contributed by atoms with Crippen molar-refractivity contribution in [3.63, 3.8) is 0 Å². The van der Waals surface area contributed by atoms with Crippen LogP contribution in [0.1, 0.15) is 32.3 Å². The van der Waals surface area contributed by atoms with Gasteiger partial charge in [0.25, 0.3) is 5.91 Å². The number of rotatable bonds is 8. The number of hydrogen-bond acceptors (Lipinski definition) is 3. The van der Waals surface area contributed by atoms with Gasteiger partial charge in [-0.1, -0.05) is 26.0 Å². The van der Waals surface area contributed by atoms with Crippen molar-refractivity contribution in [1.82, 2.24) is 10.6 Å². The van der Waals surface area contributed by atoms with E-state index < -0.39 is 0 Å². The maximum absolute atomic E-state index is 11.6. The highest BCUT2D eigenvalue weighted by Crippen LogP contribution is 2.27. The quantitative estimate of drug-likeness (QED) is 0.764. The van der Waals surface area contributed by atoms with Gasteiger partial charge in [-0.05, 0) is 36.5 Å². The van der Waals surface area contributed by atoms with Crippen molar-refractivity contribution in [2.75, 3.05) is 13.2 Å². The third-order valence-corrected chi connectivity index (χ3v) is 3.27. The standard InChI is InChI=1S/C16H24N2O2/c1-12(2)17-10-14-4-3-5-15(8-14)20-11-16(19)18-9-13-6-7-13/h3-5,8,12-13,17H,6-7,9-11H2,1-2H3,(H,18,19). The number of benzene rings is 1. The van der Waals surface area contributed by atoms with Crippen LogP contribution in [0, 0.1) is 5.92 Å². The number of ether oxygens (including phenoxy) is 1. The van der Waals surface area contributed by atoms with Crippen LogP contribution in [0.15, 0.2) is 24.3 Å². The van der Waals surface area contributed by atoms with E-state index in [4.69, 9.17) is 4.74 Å². The first-order valence-electron chi connectivity index (χ1n) is 7.35. The molecule has 1 aliphatic carbocycles. The van der Waals surface area contributed by atoms with E-state index in [-0.39, 0.29) is 12.5 Å². The predicted octanol–water partition coefficient (Wildman–Crippen LogP) is 2.09. The Kier molecular flexibility index (Phi) is 5.41. The maximum atomic E-state index is 11.6. The monoisotopic (exact) mass is 276 g/mol. The van der Waals surface area contributed by atoms with Crippen molar-refractivity contribution in [2.45, 2.75) is 39.3 Å². The summed E-state index contributed by atoms with van der Waals surface area (Å²) in [6.07, 6.45) is 2.48. The number of carbonyl (C=O) groups excluding carboxylic acids is 1. The molecule has 4 nitrogen and oxygen atoms in total. The third-order valence-electron chi connectivity index (χ3n) is 3.27. The average Bonchev–Trinajstić information content (AvgIpc) is 3.25. The highest BCUT2D eigenvalue weighted by Gasteiger charge is 2.21.